The van der Waals surface area contributed by atoms with Gasteiger partial charge in [-0.15, -0.1) is 0 Å². The molecule has 4 aromatic carbocycles. The molecule has 2 amide bonds. The van der Waals surface area contributed by atoms with Crippen LogP contribution in [0.15, 0.2) is 108 Å². The number of nitrogens with zero attached hydrogens (tertiary/aromatic N) is 2. The minimum absolute atomic E-state index is 0.0836. The summed E-state index contributed by atoms with van der Waals surface area (Å²) in [6.07, 6.45) is 0.123. The lowest BCUT2D eigenvalue weighted by atomic mass is 10.0. The Labute approximate surface area is 281 Å². The van der Waals surface area contributed by atoms with Crippen molar-refractivity contribution in [2.45, 2.75) is 44.7 Å². The average Bonchev–Trinajstić information content (AvgIpc) is 3.06. The van der Waals surface area contributed by atoms with Gasteiger partial charge in [0.05, 0.1) is 17.2 Å². The largest absolute Gasteiger partial charge is 0.494 e. The zero-order valence-corrected chi connectivity index (χ0v) is 28.2. The number of anilines is 1. The minimum atomic E-state index is -4.32. The third-order valence-corrected chi connectivity index (χ3v) is 9.41. The van der Waals surface area contributed by atoms with Crippen molar-refractivity contribution in [3.8, 4) is 5.75 Å². The fourth-order valence-corrected chi connectivity index (χ4v) is 6.46. The van der Waals surface area contributed by atoms with Crippen molar-refractivity contribution >= 4 is 39.1 Å². The van der Waals surface area contributed by atoms with Gasteiger partial charge in [-0.2, -0.15) is 0 Å². The van der Waals surface area contributed by atoms with Gasteiger partial charge in [-0.3, -0.25) is 13.9 Å². The SMILES string of the molecule is CCOc1ccc(N(CC(=O)N(Cc2ccccc2F)C(Cc2ccccc2)C(=O)NCC(C)C)S(=O)(=O)c2ccc(Cl)cc2)cc1. The molecule has 248 valence electrons. The van der Waals surface area contributed by atoms with Crippen molar-refractivity contribution in [2.75, 3.05) is 24.0 Å². The molecule has 0 saturated carbocycles. The molecular formula is C36H39ClFN3O5S. The first-order valence-corrected chi connectivity index (χ1v) is 17.2. The maximum Gasteiger partial charge on any atom is 0.264 e. The molecular weight excluding hydrogens is 641 g/mol. The second kappa shape index (κ2) is 16.4. The van der Waals surface area contributed by atoms with Gasteiger partial charge in [-0.05, 0) is 73.0 Å². The minimum Gasteiger partial charge on any atom is -0.494 e. The fourth-order valence-electron chi connectivity index (χ4n) is 4.92. The molecule has 0 aliphatic carbocycles. The van der Waals surface area contributed by atoms with E-state index in [1.165, 1.54) is 47.4 Å². The quantitative estimate of drug-likeness (QED) is 0.155. The van der Waals surface area contributed by atoms with Crippen LogP contribution < -0.4 is 14.4 Å². The van der Waals surface area contributed by atoms with Gasteiger partial charge in [0.15, 0.2) is 0 Å². The van der Waals surface area contributed by atoms with Gasteiger partial charge < -0.3 is 15.0 Å². The molecule has 0 aliphatic heterocycles. The van der Waals surface area contributed by atoms with Crippen molar-refractivity contribution in [2.24, 2.45) is 5.92 Å². The van der Waals surface area contributed by atoms with Crippen LogP contribution in [0.5, 0.6) is 5.75 Å². The van der Waals surface area contributed by atoms with Gasteiger partial charge in [-0.1, -0.05) is 74.0 Å². The number of carbonyl (C=O) groups excluding carboxylic acids is 2. The summed E-state index contributed by atoms with van der Waals surface area (Å²) < 4.78 is 49.9. The van der Waals surface area contributed by atoms with Gasteiger partial charge in [-0.25, -0.2) is 12.8 Å². The summed E-state index contributed by atoms with van der Waals surface area (Å²) in [5, 5.41) is 3.27. The Morgan fingerprint density at radius 2 is 1.53 bits per heavy atom. The number of nitrogens with one attached hydrogen (secondary N) is 1. The molecule has 0 heterocycles. The van der Waals surface area contributed by atoms with Crippen molar-refractivity contribution in [3.63, 3.8) is 0 Å². The van der Waals surface area contributed by atoms with Crippen molar-refractivity contribution in [3.05, 3.63) is 125 Å². The van der Waals surface area contributed by atoms with Gasteiger partial charge in [0.25, 0.3) is 10.0 Å². The number of carbonyl (C=O) groups is 2. The Morgan fingerprint density at radius 3 is 2.15 bits per heavy atom. The van der Waals surface area contributed by atoms with E-state index in [1.54, 1.807) is 30.3 Å². The summed E-state index contributed by atoms with van der Waals surface area (Å²) in [5.41, 5.74) is 1.16. The zero-order chi connectivity index (χ0) is 34.0. The number of halogens is 2. The van der Waals surface area contributed by atoms with E-state index in [9.17, 15) is 18.0 Å². The predicted octanol–water partition coefficient (Wildman–Crippen LogP) is 6.49. The second-order valence-electron chi connectivity index (χ2n) is 11.4. The summed E-state index contributed by atoms with van der Waals surface area (Å²) in [5.74, 6) is -1.02. The van der Waals surface area contributed by atoms with E-state index in [2.05, 4.69) is 5.32 Å². The molecule has 0 bridgehead atoms. The Morgan fingerprint density at radius 1 is 0.894 bits per heavy atom. The maximum atomic E-state index is 15.1. The van der Waals surface area contributed by atoms with Gasteiger partial charge in [0.1, 0.15) is 24.2 Å². The highest BCUT2D eigenvalue weighted by atomic mass is 35.5. The van der Waals surface area contributed by atoms with E-state index in [4.69, 9.17) is 16.3 Å². The summed E-state index contributed by atoms with van der Waals surface area (Å²) in [6.45, 7) is 5.56. The number of ether oxygens (including phenoxy) is 1. The molecule has 4 aromatic rings. The van der Waals surface area contributed by atoms with Crippen molar-refractivity contribution < 1.29 is 27.1 Å². The number of amides is 2. The van der Waals surface area contributed by atoms with Gasteiger partial charge in [0.2, 0.25) is 11.8 Å². The smallest absolute Gasteiger partial charge is 0.264 e. The summed E-state index contributed by atoms with van der Waals surface area (Å²) in [7, 11) is -4.32. The first-order chi connectivity index (χ1) is 22.5. The summed E-state index contributed by atoms with van der Waals surface area (Å²) in [6, 6.07) is 26.0. The van der Waals surface area contributed by atoms with Crippen LogP contribution in [0.2, 0.25) is 5.02 Å². The third kappa shape index (κ3) is 9.56. The van der Waals surface area contributed by atoms with E-state index in [0.717, 1.165) is 9.87 Å². The maximum absolute atomic E-state index is 15.1. The van der Waals surface area contributed by atoms with E-state index in [1.807, 2.05) is 51.1 Å². The molecule has 0 aromatic heterocycles. The van der Waals surface area contributed by atoms with E-state index < -0.39 is 40.2 Å². The number of benzene rings is 4. The molecule has 1 atom stereocenters. The fraction of sp³-hybridized carbons (Fsp3) is 0.278. The molecule has 47 heavy (non-hydrogen) atoms. The van der Waals surface area contributed by atoms with Crippen LogP contribution >= 0.6 is 11.6 Å². The molecule has 11 heteroatoms. The van der Waals surface area contributed by atoms with Crippen molar-refractivity contribution in [1.29, 1.82) is 0 Å². The Kier molecular flexibility index (Phi) is 12.4. The number of hydrogen-bond donors (Lipinski definition) is 1. The van der Waals surface area contributed by atoms with Crippen LogP contribution in [0.1, 0.15) is 31.9 Å². The molecule has 0 saturated heterocycles. The monoisotopic (exact) mass is 679 g/mol. The average molecular weight is 680 g/mol. The molecule has 4 rings (SSSR count). The van der Waals surface area contributed by atoms with Crippen LogP contribution in [0.25, 0.3) is 0 Å². The molecule has 8 nitrogen and oxygen atoms in total. The van der Waals surface area contributed by atoms with Crippen LogP contribution in [0, 0.1) is 11.7 Å². The molecule has 1 N–H and O–H groups in total. The van der Waals surface area contributed by atoms with E-state index in [0.29, 0.717) is 23.9 Å². The summed E-state index contributed by atoms with van der Waals surface area (Å²) >= 11 is 6.05. The number of hydrogen-bond acceptors (Lipinski definition) is 5. The van der Waals surface area contributed by atoms with Crippen LogP contribution in [0.3, 0.4) is 0 Å². The Bertz CT molecular complexity index is 1740. The zero-order valence-electron chi connectivity index (χ0n) is 26.6. The highest BCUT2D eigenvalue weighted by Gasteiger charge is 2.35. The van der Waals surface area contributed by atoms with Gasteiger partial charge in [0, 0.05) is 30.1 Å². The van der Waals surface area contributed by atoms with Crippen LogP contribution in [-0.4, -0.2) is 50.9 Å². The summed E-state index contributed by atoms with van der Waals surface area (Å²) in [4.78, 5) is 29.5. The molecule has 0 radical (unpaired) electrons. The first-order valence-electron chi connectivity index (χ1n) is 15.3. The molecule has 0 fully saturated rings. The molecule has 0 aliphatic rings. The van der Waals surface area contributed by atoms with Crippen LogP contribution in [0.4, 0.5) is 10.1 Å². The topological polar surface area (TPSA) is 96.0 Å². The lowest BCUT2D eigenvalue weighted by Crippen LogP contribution is -2.53. The second-order valence-corrected chi connectivity index (χ2v) is 13.6. The molecule has 0 spiro atoms. The first kappa shape index (κ1) is 35.4. The highest BCUT2D eigenvalue weighted by Crippen LogP contribution is 2.28. The molecule has 1 unspecified atom stereocenters. The highest BCUT2D eigenvalue weighted by molar-refractivity contribution is 7.92. The Hall–Kier alpha value is -4.41. The van der Waals surface area contributed by atoms with Crippen LogP contribution in [-0.2, 0) is 32.6 Å². The Balaban J connectivity index is 1.80. The van der Waals surface area contributed by atoms with Crippen molar-refractivity contribution in [1.82, 2.24) is 10.2 Å². The lowest BCUT2D eigenvalue weighted by molar-refractivity contribution is -0.140. The third-order valence-electron chi connectivity index (χ3n) is 7.37. The van der Waals surface area contributed by atoms with E-state index >= 15 is 4.39 Å². The van der Waals surface area contributed by atoms with E-state index in [-0.39, 0.29) is 35.0 Å². The van der Waals surface area contributed by atoms with Gasteiger partial charge >= 0.3 is 0 Å². The standard InChI is InChI=1S/C36H39ClFN3O5S/c1-4-46-31-18-16-30(17-19-31)41(47(44,45)32-20-14-29(37)15-21-32)25-35(42)40(24-28-12-8-9-13-33(28)38)34(36(43)39-23-26(2)3)22-27-10-6-5-7-11-27/h5-21,26,34H,4,22-25H2,1-3H3,(H,39,43). The number of sulfonamides is 1. The normalized spacial score (nSPS) is 12.0. The predicted molar refractivity (Wildman–Crippen MR) is 182 cm³/mol. The lowest BCUT2D eigenvalue weighted by Gasteiger charge is -2.34. The number of rotatable bonds is 15.